The zero-order chi connectivity index (χ0) is 67.2. The molecule has 0 radical (unpaired) electrons. The van der Waals surface area contributed by atoms with Gasteiger partial charge in [0.25, 0.3) is 0 Å². The number of furan rings is 2. The van der Waals surface area contributed by atoms with Gasteiger partial charge >= 0.3 is 0 Å². The summed E-state index contributed by atoms with van der Waals surface area (Å²) >= 11 is 0. The molecule has 0 N–H and O–H groups in total. The Morgan fingerprint density at radius 3 is 0.892 bits per heavy atom. The average Bonchev–Trinajstić information content (AvgIpc) is 1.52. The molecule has 476 valence electrons. The minimum absolute atomic E-state index is 0.887. The van der Waals surface area contributed by atoms with E-state index < -0.39 is 0 Å². The number of benzene rings is 19. The molecule has 0 fully saturated rings. The number of rotatable bonds is 9. The van der Waals surface area contributed by atoms with Crippen LogP contribution in [0.5, 0.6) is 0 Å². The van der Waals surface area contributed by atoms with Crippen molar-refractivity contribution in [3.63, 3.8) is 0 Å². The van der Waals surface area contributed by atoms with E-state index in [2.05, 4.69) is 386 Å². The second kappa shape index (κ2) is 24.2. The van der Waals surface area contributed by atoms with Gasteiger partial charge in [-0.05, 0) is 195 Å². The summed E-state index contributed by atoms with van der Waals surface area (Å²) in [4.78, 5) is 4.75. The Morgan fingerprint density at radius 1 is 0.167 bits per heavy atom. The molecule has 2 heterocycles. The molecule has 0 unspecified atom stereocenters. The van der Waals surface area contributed by atoms with Gasteiger partial charge in [-0.25, -0.2) is 0 Å². The monoisotopic (exact) mass is 1300 g/mol. The molecule has 0 spiro atoms. The standard InChI is InChI=1S/C52H33NO.C46H29NO/c1-5-15-43-36(10-1)13-9-19-50(43)53(41-29-31-51-49(33-41)47-30-26-37-11-2-6-16-44(37)52(47)54-51)40-27-24-35(25-28-40)34-20-22-38(23-21-34)48-32-39-12-3-4-14-42(39)45-17-7-8-18-46(45)48;1-5-15-37-30(10-1)13-9-19-44(37)47(35-25-27-45-43(29-35)41-26-22-31-11-2-6-16-38(31)46(41)48-45)34-23-20-32(21-24-34)42-28-33-12-3-4-14-36(33)39-17-7-8-18-40(39)42/h1-33H;1-29H. The Bertz CT molecular complexity index is 6870. The molecule has 4 heteroatoms. The largest absolute Gasteiger partial charge is 0.455 e. The van der Waals surface area contributed by atoms with Crippen LogP contribution in [-0.2, 0) is 0 Å². The first-order valence-corrected chi connectivity index (χ1v) is 34.9. The quantitative estimate of drug-likeness (QED) is 0.135. The SMILES string of the molecule is c1ccc2c(N(c3ccc(-c4cc5ccccc5c5ccccc45)cc3)c3ccc4oc5c6ccccc6ccc5c4c3)cccc2c1.c1ccc2c(N(c3ccc(-c4ccc(-c5cc6ccccc6c6ccccc56)cc4)cc3)c3ccc4oc5c6ccccc6ccc5c4c3)cccc2c1. The molecule has 0 aliphatic carbocycles. The molecule has 19 aromatic carbocycles. The van der Waals surface area contributed by atoms with Crippen molar-refractivity contribution in [3.05, 3.63) is 376 Å². The first kappa shape index (κ1) is 58.6. The van der Waals surface area contributed by atoms with E-state index >= 15 is 0 Å². The molecule has 0 bridgehead atoms. The Balaban J connectivity index is 0.000000138. The van der Waals surface area contributed by atoms with Gasteiger partial charge in [-0.2, -0.15) is 0 Å². The first-order chi connectivity index (χ1) is 50.6. The summed E-state index contributed by atoms with van der Waals surface area (Å²) < 4.78 is 13.0. The molecule has 0 saturated heterocycles. The topological polar surface area (TPSA) is 32.8 Å². The van der Waals surface area contributed by atoms with Gasteiger partial charge in [-0.15, -0.1) is 0 Å². The van der Waals surface area contributed by atoms with Crippen molar-refractivity contribution < 1.29 is 8.83 Å². The van der Waals surface area contributed by atoms with Crippen LogP contribution in [0.3, 0.4) is 0 Å². The molecule has 0 aliphatic rings. The van der Waals surface area contributed by atoms with Gasteiger partial charge in [-0.3, -0.25) is 0 Å². The summed E-state index contributed by atoms with van der Waals surface area (Å²) in [6.45, 7) is 0. The predicted molar refractivity (Wildman–Crippen MR) is 433 cm³/mol. The van der Waals surface area contributed by atoms with Gasteiger partial charge in [0.1, 0.15) is 22.3 Å². The van der Waals surface area contributed by atoms with Crippen LogP contribution in [0.1, 0.15) is 0 Å². The van der Waals surface area contributed by atoms with Crippen LogP contribution in [0.25, 0.3) is 163 Å². The van der Waals surface area contributed by atoms with Gasteiger partial charge in [0.15, 0.2) is 0 Å². The summed E-state index contributed by atoms with van der Waals surface area (Å²) in [5.41, 5.74) is 17.5. The molecule has 0 amide bonds. The summed E-state index contributed by atoms with van der Waals surface area (Å²) in [6.07, 6.45) is 0. The third-order valence-corrected chi connectivity index (χ3v) is 20.8. The van der Waals surface area contributed by atoms with Gasteiger partial charge in [0.05, 0.1) is 11.4 Å². The van der Waals surface area contributed by atoms with Gasteiger partial charge in [-0.1, -0.05) is 279 Å². The minimum Gasteiger partial charge on any atom is -0.455 e. The fraction of sp³-hybridized carbons (Fsp3) is 0. The van der Waals surface area contributed by atoms with E-state index in [1.807, 2.05) is 0 Å². The van der Waals surface area contributed by atoms with Crippen molar-refractivity contribution >= 4 is 164 Å². The second-order valence-electron chi connectivity index (χ2n) is 26.6. The number of nitrogens with zero attached hydrogens (tertiary/aromatic N) is 2. The molecule has 0 saturated carbocycles. The molecular formula is C98H62N2O2. The van der Waals surface area contributed by atoms with E-state index in [4.69, 9.17) is 8.83 Å². The van der Waals surface area contributed by atoms with Crippen LogP contribution in [0.4, 0.5) is 34.1 Å². The molecule has 102 heavy (non-hydrogen) atoms. The lowest BCUT2D eigenvalue weighted by Gasteiger charge is -2.27. The average molecular weight is 1300 g/mol. The lowest BCUT2D eigenvalue weighted by atomic mass is 9.92. The zero-order valence-electron chi connectivity index (χ0n) is 55.5. The van der Waals surface area contributed by atoms with Gasteiger partial charge in [0, 0.05) is 65.8 Å². The third kappa shape index (κ3) is 9.91. The fourth-order valence-electron chi connectivity index (χ4n) is 15.9. The summed E-state index contributed by atoms with van der Waals surface area (Å²) in [7, 11) is 0. The zero-order valence-corrected chi connectivity index (χ0v) is 55.5. The maximum Gasteiger partial charge on any atom is 0.143 e. The Hall–Kier alpha value is -13.5. The van der Waals surface area contributed by atoms with Crippen LogP contribution in [-0.4, -0.2) is 0 Å². The van der Waals surface area contributed by atoms with E-state index in [9.17, 15) is 0 Å². The van der Waals surface area contributed by atoms with Crippen molar-refractivity contribution in [1.29, 1.82) is 0 Å². The molecule has 21 aromatic rings. The molecule has 0 aliphatic heterocycles. The van der Waals surface area contributed by atoms with Crippen LogP contribution in [0.2, 0.25) is 0 Å². The minimum atomic E-state index is 0.887. The van der Waals surface area contributed by atoms with E-state index in [0.29, 0.717) is 0 Å². The van der Waals surface area contributed by atoms with Crippen LogP contribution in [0.15, 0.2) is 385 Å². The second-order valence-corrected chi connectivity index (χ2v) is 26.6. The summed E-state index contributed by atoms with van der Waals surface area (Å²) in [5.74, 6) is 0. The highest BCUT2D eigenvalue weighted by atomic mass is 16.3. The Kier molecular flexibility index (Phi) is 13.9. The molecule has 2 aromatic heterocycles. The first-order valence-electron chi connectivity index (χ1n) is 34.9. The number of fused-ring (bicyclic) bond motifs is 18. The van der Waals surface area contributed by atoms with E-state index in [1.54, 1.807) is 0 Å². The lowest BCUT2D eigenvalue weighted by Crippen LogP contribution is -2.10. The predicted octanol–water partition coefficient (Wildman–Crippen LogP) is 28.3. The van der Waals surface area contributed by atoms with Gasteiger partial charge in [0.2, 0.25) is 0 Å². The highest BCUT2D eigenvalue weighted by Crippen LogP contribution is 2.47. The highest BCUT2D eigenvalue weighted by molar-refractivity contribution is 6.19. The van der Waals surface area contributed by atoms with Crippen LogP contribution >= 0.6 is 0 Å². The van der Waals surface area contributed by atoms with E-state index in [0.717, 1.165) is 88.8 Å². The number of hydrogen-bond donors (Lipinski definition) is 0. The van der Waals surface area contributed by atoms with Crippen molar-refractivity contribution in [2.75, 3.05) is 9.80 Å². The maximum atomic E-state index is 6.50. The Labute approximate surface area is 588 Å². The van der Waals surface area contributed by atoms with Crippen LogP contribution < -0.4 is 9.80 Å². The van der Waals surface area contributed by atoms with Crippen molar-refractivity contribution in [2.24, 2.45) is 0 Å². The lowest BCUT2D eigenvalue weighted by molar-refractivity contribution is 0.672. The normalized spacial score (nSPS) is 11.7. The molecular weight excluding hydrogens is 1240 g/mol. The van der Waals surface area contributed by atoms with Crippen molar-refractivity contribution in [2.45, 2.75) is 0 Å². The molecule has 21 rings (SSSR count). The maximum absolute atomic E-state index is 6.50. The molecule has 4 nitrogen and oxygen atoms in total. The smallest absolute Gasteiger partial charge is 0.143 e. The summed E-state index contributed by atoms with van der Waals surface area (Å²) in [6, 6.07) is 136. The van der Waals surface area contributed by atoms with Crippen LogP contribution in [0, 0.1) is 0 Å². The molecule has 0 atom stereocenters. The van der Waals surface area contributed by atoms with E-state index in [-0.39, 0.29) is 0 Å². The van der Waals surface area contributed by atoms with Crippen molar-refractivity contribution in [1.82, 2.24) is 0 Å². The third-order valence-electron chi connectivity index (χ3n) is 20.8. The Morgan fingerprint density at radius 2 is 0.471 bits per heavy atom. The van der Waals surface area contributed by atoms with Crippen molar-refractivity contribution in [3.8, 4) is 33.4 Å². The summed E-state index contributed by atoms with van der Waals surface area (Å²) in [5, 5.41) is 24.1. The number of hydrogen-bond acceptors (Lipinski definition) is 4. The highest BCUT2D eigenvalue weighted by Gasteiger charge is 2.22. The van der Waals surface area contributed by atoms with E-state index in [1.165, 1.54) is 109 Å². The van der Waals surface area contributed by atoms with Gasteiger partial charge < -0.3 is 18.6 Å². The fourth-order valence-corrected chi connectivity index (χ4v) is 15.9. The number of anilines is 6.